The lowest BCUT2D eigenvalue weighted by Crippen LogP contribution is -2.69. The van der Waals surface area contributed by atoms with Crippen molar-refractivity contribution >= 4 is 17.6 Å². The van der Waals surface area contributed by atoms with Crippen molar-refractivity contribution in [2.24, 2.45) is 11.1 Å². The van der Waals surface area contributed by atoms with E-state index in [4.69, 9.17) is 22.1 Å². The second kappa shape index (κ2) is 1.90. The third kappa shape index (κ3) is 0.811. The number of ether oxygens (including phenoxy) is 1. The topological polar surface area (TPSA) is 52.3 Å². The van der Waals surface area contributed by atoms with Gasteiger partial charge >= 0.3 is 5.97 Å². The van der Waals surface area contributed by atoms with E-state index in [1.165, 1.54) is 0 Å². The number of nitrogens with two attached hydrogens (primary N) is 1. The smallest absolute Gasteiger partial charge is 0.326 e. The van der Waals surface area contributed by atoms with Gasteiger partial charge in [-0.2, -0.15) is 0 Å². The van der Waals surface area contributed by atoms with Gasteiger partial charge in [-0.25, -0.2) is 0 Å². The van der Waals surface area contributed by atoms with Gasteiger partial charge in [0.15, 0.2) is 0 Å². The van der Waals surface area contributed by atoms with E-state index < -0.39 is 5.54 Å². The molecule has 3 aliphatic rings. The molecule has 2 N–H and O–H groups in total. The van der Waals surface area contributed by atoms with Crippen molar-refractivity contribution < 1.29 is 9.53 Å². The van der Waals surface area contributed by atoms with E-state index in [1.54, 1.807) is 0 Å². The molecule has 62 valence electrons. The van der Waals surface area contributed by atoms with E-state index in [0.717, 1.165) is 0 Å². The van der Waals surface area contributed by atoms with Crippen molar-refractivity contribution in [3.05, 3.63) is 0 Å². The molecule has 0 unspecified atom stereocenters. The number of carbonyl (C=O) groups excluding carboxylic acids is 1. The highest BCUT2D eigenvalue weighted by atomic mass is 35.5. The van der Waals surface area contributed by atoms with E-state index in [9.17, 15) is 4.79 Å². The summed E-state index contributed by atoms with van der Waals surface area (Å²) in [4.78, 5) is 11.0. The largest absolute Gasteiger partial charge is 0.464 e. The van der Waals surface area contributed by atoms with Crippen LogP contribution in [0.1, 0.15) is 12.8 Å². The molecule has 0 amide bonds. The van der Waals surface area contributed by atoms with Crippen molar-refractivity contribution in [1.82, 2.24) is 0 Å². The van der Waals surface area contributed by atoms with E-state index in [1.807, 2.05) is 0 Å². The van der Waals surface area contributed by atoms with Gasteiger partial charge in [0.1, 0.15) is 5.54 Å². The Morgan fingerprint density at radius 1 is 1.64 bits per heavy atom. The summed E-state index contributed by atoms with van der Waals surface area (Å²) in [7, 11) is 0. The zero-order valence-electron chi connectivity index (χ0n) is 6.10. The number of alkyl halides is 1. The molecule has 0 radical (unpaired) electrons. The van der Waals surface area contributed by atoms with Crippen LogP contribution < -0.4 is 5.73 Å². The van der Waals surface area contributed by atoms with Crippen LogP contribution in [-0.4, -0.2) is 24.0 Å². The van der Waals surface area contributed by atoms with Gasteiger partial charge in [-0.05, 0) is 12.8 Å². The van der Waals surface area contributed by atoms with Crippen LogP contribution in [0.3, 0.4) is 0 Å². The number of carbonyl (C=O) groups is 1. The van der Waals surface area contributed by atoms with Crippen molar-refractivity contribution in [2.45, 2.75) is 18.4 Å². The number of rotatable bonds is 1. The van der Waals surface area contributed by atoms with Crippen LogP contribution in [-0.2, 0) is 9.53 Å². The molecule has 2 aliphatic heterocycles. The van der Waals surface area contributed by atoms with Gasteiger partial charge in [0.05, 0.1) is 6.61 Å². The first-order valence-corrected chi connectivity index (χ1v) is 4.16. The Morgan fingerprint density at radius 2 is 2.27 bits per heavy atom. The monoisotopic (exact) mass is 175 g/mol. The summed E-state index contributed by atoms with van der Waals surface area (Å²) in [5, 5.41) is 0. The normalized spacial score (nSPS) is 48.0. The molecule has 0 aromatic rings. The van der Waals surface area contributed by atoms with Gasteiger partial charge < -0.3 is 10.5 Å². The summed E-state index contributed by atoms with van der Waals surface area (Å²) >= 11 is 5.72. The van der Waals surface area contributed by atoms with Crippen LogP contribution in [0.5, 0.6) is 0 Å². The van der Waals surface area contributed by atoms with E-state index in [2.05, 4.69) is 0 Å². The standard InChI is InChI=1S/C7H10ClNO2/c8-3-6-1-7(9,2-6)5(10)11-4-6/h1-4,9H2. The molecule has 3 fully saturated rings. The molecule has 0 atom stereocenters. The highest BCUT2D eigenvalue weighted by Crippen LogP contribution is 2.52. The molecule has 11 heavy (non-hydrogen) atoms. The van der Waals surface area contributed by atoms with E-state index >= 15 is 0 Å². The first kappa shape index (κ1) is 7.37. The van der Waals surface area contributed by atoms with Crippen LogP contribution in [0.25, 0.3) is 0 Å². The Morgan fingerprint density at radius 3 is 2.73 bits per heavy atom. The predicted octanol–water partition coefficient (Wildman–Crippen LogP) is 0.260. The summed E-state index contributed by atoms with van der Waals surface area (Å²) in [6, 6.07) is 0. The first-order chi connectivity index (χ1) is 5.10. The number of hydrogen-bond donors (Lipinski definition) is 1. The summed E-state index contributed by atoms with van der Waals surface area (Å²) in [6.45, 7) is 0.453. The maximum absolute atomic E-state index is 11.0. The Balaban J connectivity index is 2.17. The quantitative estimate of drug-likeness (QED) is 0.460. The third-order valence-electron chi connectivity index (χ3n) is 2.58. The fraction of sp³-hybridized carbons (Fsp3) is 0.857. The number of fused-ring (bicyclic) bond motifs is 2. The molecular formula is C7H10ClNO2. The van der Waals surface area contributed by atoms with Crippen LogP contribution in [0.15, 0.2) is 0 Å². The Kier molecular flexibility index (Phi) is 1.27. The molecule has 0 aromatic heterocycles. The third-order valence-corrected chi connectivity index (χ3v) is 3.15. The van der Waals surface area contributed by atoms with E-state index in [-0.39, 0.29) is 11.4 Å². The number of halogens is 1. The van der Waals surface area contributed by atoms with Crippen LogP contribution in [0.2, 0.25) is 0 Å². The van der Waals surface area contributed by atoms with Gasteiger partial charge in [-0.15, -0.1) is 11.6 Å². The lowest BCUT2D eigenvalue weighted by molar-refractivity contribution is -0.184. The van der Waals surface area contributed by atoms with Crippen LogP contribution in [0.4, 0.5) is 0 Å². The minimum absolute atomic E-state index is 0.00418. The van der Waals surface area contributed by atoms with Crippen molar-refractivity contribution in [1.29, 1.82) is 0 Å². The van der Waals surface area contributed by atoms with Crippen molar-refractivity contribution in [2.75, 3.05) is 12.5 Å². The maximum atomic E-state index is 11.0. The fourth-order valence-electron chi connectivity index (χ4n) is 2.03. The fourth-order valence-corrected chi connectivity index (χ4v) is 2.29. The average molecular weight is 176 g/mol. The summed E-state index contributed by atoms with van der Waals surface area (Å²) < 4.78 is 4.89. The highest BCUT2D eigenvalue weighted by molar-refractivity contribution is 6.18. The molecule has 0 aromatic carbocycles. The molecule has 2 bridgehead atoms. The minimum atomic E-state index is -0.701. The first-order valence-electron chi connectivity index (χ1n) is 3.62. The molecule has 0 spiro atoms. The Labute approximate surface area is 69.8 Å². The second-order valence-electron chi connectivity index (χ2n) is 3.72. The summed E-state index contributed by atoms with van der Waals surface area (Å²) in [5.74, 6) is 0.281. The second-order valence-corrected chi connectivity index (χ2v) is 3.99. The number of esters is 1. The maximum Gasteiger partial charge on any atom is 0.326 e. The summed E-state index contributed by atoms with van der Waals surface area (Å²) in [5.41, 5.74) is 5.02. The highest BCUT2D eigenvalue weighted by Gasteiger charge is 2.61. The summed E-state index contributed by atoms with van der Waals surface area (Å²) in [6.07, 6.45) is 1.39. The predicted molar refractivity (Wildman–Crippen MR) is 40.3 cm³/mol. The van der Waals surface area contributed by atoms with Gasteiger partial charge in [0.25, 0.3) is 0 Å². The van der Waals surface area contributed by atoms with Gasteiger partial charge in [-0.3, -0.25) is 4.79 Å². The SMILES string of the molecule is NC12CC(CCl)(COC1=O)C2. The van der Waals surface area contributed by atoms with E-state index in [0.29, 0.717) is 25.3 Å². The zero-order chi connectivity index (χ0) is 8.11. The molecule has 3 rings (SSSR count). The van der Waals surface area contributed by atoms with Gasteiger partial charge in [0.2, 0.25) is 0 Å². The molecule has 3 nitrogen and oxygen atoms in total. The minimum Gasteiger partial charge on any atom is -0.464 e. The van der Waals surface area contributed by atoms with Crippen molar-refractivity contribution in [3.63, 3.8) is 0 Å². The molecule has 2 saturated heterocycles. The molecular weight excluding hydrogens is 166 g/mol. The lowest BCUT2D eigenvalue weighted by atomic mass is 9.57. The van der Waals surface area contributed by atoms with Crippen LogP contribution in [0, 0.1) is 5.41 Å². The average Bonchev–Trinajstić information content (AvgIpc) is 1.93. The molecule has 4 heteroatoms. The van der Waals surface area contributed by atoms with Gasteiger partial charge in [-0.1, -0.05) is 0 Å². The molecule has 2 heterocycles. The lowest BCUT2D eigenvalue weighted by Gasteiger charge is -2.55. The Bertz CT molecular complexity index is 210. The number of hydrogen-bond acceptors (Lipinski definition) is 3. The zero-order valence-corrected chi connectivity index (χ0v) is 6.86. The molecule has 1 saturated carbocycles. The Hall–Kier alpha value is -0.280. The van der Waals surface area contributed by atoms with Crippen molar-refractivity contribution in [3.8, 4) is 0 Å². The van der Waals surface area contributed by atoms with Gasteiger partial charge in [0, 0.05) is 11.3 Å². The molecule has 1 aliphatic carbocycles. The van der Waals surface area contributed by atoms with Crippen LogP contribution >= 0.6 is 11.6 Å².